The van der Waals surface area contributed by atoms with Gasteiger partial charge < -0.3 is 10.2 Å². The van der Waals surface area contributed by atoms with Crippen LogP contribution < -0.4 is 5.32 Å². The standard InChI is InChI=1S/C18H35N5/c1-9-19-17(20-11-10-18(4,5)6)22(7)12-15-13-23(8)21-16(15)14(2)3/h13-14H,9-12H2,1-8H3,(H,19,20). The lowest BCUT2D eigenvalue weighted by Gasteiger charge is -2.23. The molecule has 0 atom stereocenters. The molecule has 0 unspecified atom stereocenters. The Morgan fingerprint density at radius 3 is 2.57 bits per heavy atom. The molecule has 0 fully saturated rings. The third kappa shape index (κ3) is 6.63. The van der Waals surface area contributed by atoms with Crippen molar-refractivity contribution in [2.45, 2.75) is 60.4 Å². The van der Waals surface area contributed by atoms with Crippen LogP contribution in [0.1, 0.15) is 65.1 Å². The number of nitrogens with one attached hydrogen (secondary N) is 1. The summed E-state index contributed by atoms with van der Waals surface area (Å²) in [6, 6.07) is 0. The van der Waals surface area contributed by atoms with Gasteiger partial charge in [-0.2, -0.15) is 5.10 Å². The van der Waals surface area contributed by atoms with Crippen LogP contribution in [0.2, 0.25) is 0 Å². The van der Waals surface area contributed by atoms with E-state index in [2.05, 4.69) is 70.1 Å². The molecule has 0 spiro atoms. The molecular weight excluding hydrogens is 286 g/mol. The minimum absolute atomic E-state index is 0.313. The van der Waals surface area contributed by atoms with E-state index in [0.29, 0.717) is 11.3 Å². The maximum absolute atomic E-state index is 4.78. The van der Waals surface area contributed by atoms with Gasteiger partial charge in [-0.3, -0.25) is 9.67 Å². The Morgan fingerprint density at radius 2 is 2.04 bits per heavy atom. The second-order valence-electron chi connectivity index (χ2n) is 7.77. The molecule has 0 aliphatic carbocycles. The molecule has 0 aliphatic heterocycles. The Morgan fingerprint density at radius 1 is 1.39 bits per heavy atom. The van der Waals surface area contributed by atoms with Crippen molar-refractivity contribution in [2.24, 2.45) is 17.5 Å². The fourth-order valence-electron chi connectivity index (χ4n) is 2.46. The molecule has 0 saturated carbocycles. The second kappa shape index (κ2) is 8.37. The highest BCUT2D eigenvalue weighted by molar-refractivity contribution is 5.79. The summed E-state index contributed by atoms with van der Waals surface area (Å²) in [6.45, 7) is 15.8. The van der Waals surface area contributed by atoms with Crippen molar-refractivity contribution < 1.29 is 0 Å². The Labute approximate surface area is 142 Å². The van der Waals surface area contributed by atoms with E-state index in [1.807, 2.05) is 11.7 Å². The van der Waals surface area contributed by atoms with Gasteiger partial charge in [0.05, 0.1) is 5.69 Å². The largest absolute Gasteiger partial charge is 0.357 e. The monoisotopic (exact) mass is 321 g/mol. The molecule has 1 aromatic heterocycles. The van der Waals surface area contributed by atoms with E-state index in [4.69, 9.17) is 4.99 Å². The number of aromatic nitrogens is 2. The predicted octanol–water partition coefficient (Wildman–Crippen LogP) is 3.38. The summed E-state index contributed by atoms with van der Waals surface area (Å²) in [4.78, 5) is 6.97. The predicted molar refractivity (Wildman–Crippen MR) is 98.8 cm³/mol. The minimum atomic E-state index is 0.313. The van der Waals surface area contributed by atoms with Gasteiger partial charge in [0.1, 0.15) is 0 Å². The van der Waals surface area contributed by atoms with Crippen LogP contribution in [0.25, 0.3) is 0 Å². The number of aryl methyl sites for hydroxylation is 1. The first-order valence-electron chi connectivity index (χ1n) is 8.66. The smallest absolute Gasteiger partial charge is 0.193 e. The molecule has 0 amide bonds. The first-order chi connectivity index (χ1) is 10.6. The average molecular weight is 322 g/mol. The van der Waals surface area contributed by atoms with Gasteiger partial charge in [0.25, 0.3) is 0 Å². The number of nitrogens with zero attached hydrogens (tertiary/aromatic N) is 4. The fraction of sp³-hybridized carbons (Fsp3) is 0.778. The lowest BCUT2D eigenvalue weighted by molar-refractivity contribution is 0.382. The first kappa shape index (κ1) is 19.5. The number of guanidine groups is 1. The summed E-state index contributed by atoms with van der Waals surface area (Å²) in [5.74, 6) is 1.40. The Bertz CT molecular complexity index is 508. The Hall–Kier alpha value is -1.52. The van der Waals surface area contributed by atoms with E-state index < -0.39 is 0 Å². The van der Waals surface area contributed by atoms with Crippen LogP contribution in [0.4, 0.5) is 0 Å². The third-order valence-electron chi connectivity index (χ3n) is 3.71. The molecule has 1 N–H and O–H groups in total. The van der Waals surface area contributed by atoms with E-state index in [1.54, 1.807) is 0 Å². The maximum atomic E-state index is 4.78. The molecule has 0 saturated heterocycles. The normalized spacial score (nSPS) is 12.8. The molecule has 1 aromatic rings. The zero-order chi connectivity index (χ0) is 17.6. The molecule has 23 heavy (non-hydrogen) atoms. The van der Waals surface area contributed by atoms with Gasteiger partial charge in [-0.15, -0.1) is 0 Å². The lowest BCUT2D eigenvalue weighted by Crippen LogP contribution is -2.38. The number of aliphatic imine (C=N–C) groups is 1. The third-order valence-corrected chi connectivity index (χ3v) is 3.71. The van der Waals surface area contributed by atoms with E-state index in [-0.39, 0.29) is 0 Å². The highest BCUT2D eigenvalue weighted by Crippen LogP contribution is 2.19. The molecular formula is C18H35N5. The minimum Gasteiger partial charge on any atom is -0.357 e. The van der Waals surface area contributed by atoms with E-state index >= 15 is 0 Å². The topological polar surface area (TPSA) is 45.5 Å². The second-order valence-corrected chi connectivity index (χ2v) is 7.77. The van der Waals surface area contributed by atoms with E-state index in [9.17, 15) is 0 Å². The van der Waals surface area contributed by atoms with Gasteiger partial charge in [0.15, 0.2) is 5.96 Å². The fourth-order valence-corrected chi connectivity index (χ4v) is 2.46. The summed E-state index contributed by atoms with van der Waals surface area (Å²) in [5.41, 5.74) is 2.75. The maximum Gasteiger partial charge on any atom is 0.193 e. The molecule has 0 aliphatic rings. The van der Waals surface area contributed by atoms with Crippen molar-refractivity contribution in [3.63, 3.8) is 0 Å². The molecule has 132 valence electrons. The quantitative estimate of drug-likeness (QED) is 0.645. The number of hydrogen-bond acceptors (Lipinski definition) is 2. The molecule has 1 heterocycles. The van der Waals surface area contributed by atoms with Gasteiger partial charge in [-0.25, -0.2) is 0 Å². The van der Waals surface area contributed by atoms with Gasteiger partial charge in [-0.05, 0) is 24.7 Å². The van der Waals surface area contributed by atoms with Crippen LogP contribution in [-0.2, 0) is 13.6 Å². The van der Waals surface area contributed by atoms with E-state index in [0.717, 1.165) is 32.0 Å². The van der Waals surface area contributed by atoms with E-state index in [1.165, 1.54) is 11.3 Å². The summed E-state index contributed by atoms with van der Waals surface area (Å²) in [7, 11) is 4.08. The first-order valence-corrected chi connectivity index (χ1v) is 8.66. The van der Waals surface area contributed by atoms with Crippen molar-refractivity contribution in [3.05, 3.63) is 17.5 Å². The molecule has 5 nitrogen and oxygen atoms in total. The number of rotatable bonds is 6. The van der Waals surface area contributed by atoms with Crippen LogP contribution in [-0.4, -0.2) is 40.8 Å². The highest BCUT2D eigenvalue weighted by atomic mass is 15.3. The summed E-state index contributed by atoms with van der Waals surface area (Å²) < 4.78 is 1.90. The van der Waals surface area contributed by atoms with Crippen molar-refractivity contribution in [3.8, 4) is 0 Å². The molecule has 0 radical (unpaired) electrons. The van der Waals surface area contributed by atoms with Gasteiger partial charge in [-0.1, -0.05) is 34.6 Å². The van der Waals surface area contributed by atoms with Crippen LogP contribution in [0.3, 0.4) is 0 Å². The van der Waals surface area contributed by atoms with Gasteiger partial charge in [0.2, 0.25) is 0 Å². The highest BCUT2D eigenvalue weighted by Gasteiger charge is 2.15. The summed E-state index contributed by atoms with van der Waals surface area (Å²) in [6.07, 6.45) is 3.20. The summed E-state index contributed by atoms with van der Waals surface area (Å²) >= 11 is 0. The molecule has 5 heteroatoms. The number of hydrogen-bond donors (Lipinski definition) is 1. The van der Waals surface area contributed by atoms with Crippen molar-refractivity contribution >= 4 is 5.96 Å². The SMILES string of the molecule is CCNC(=NCCC(C)(C)C)N(C)Cc1cn(C)nc1C(C)C. The van der Waals surface area contributed by atoms with Gasteiger partial charge >= 0.3 is 0 Å². The van der Waals surface area contributed by atoms with Crippen LogP contribution >= 0.6 is 0 Å². The van der Waals surface area contributed by atoms with Crippen molar-refractivity contribution in [1.29, 1.82) is 0 Å². The Balaban J connectivity index is 2.82. The van der Waals surface area contributed by atoms with Crippen LogP contribution in [0, 0.1) is 5.41 Å². The summed E-state index contributed by atoms with van der Waals surface area (Å²) in [5, 5.41) is 7.99. The van der Waals surface area contributed by atoms with Crippen molar-refractivity contribution in [2.75, 3.05) is 20.1 Å². The van der Waals surface area contributed by atoms with Crippen LogP contribution in [0.15, 0.2) is 11.2 Å². The molecule has 1 rings (SSSR count). The van der Waals surface area contributed by atoms with Crippen LogP contribution in [0.5, 0.6) is 0 Å². The van der Waals surface area contributed by atoms with Gasteiger partial charge in [0, 0.05) is 45.5 Å². The van der Waals surface area contributed by atoms with Crippen molar-refractivity contribution in [1.82, 2.24) is 20.0 Å². The zero-order valence-corrected chi connectivity index (χ0v) is 16.3. The molecule has 0 bridgehead atoms. The zero-order valence-electron chi connectivity index (χ0n) is 16.3. The lowest BCUT2D eigenvalue weighted by atomic mass is 9.92. The Kier molecular flexibility index (Phi) is 7.10. The average Bonchev–Trinajstić information content (AvgIpc) is 2.77. The molecule has 0 aromatic carbocycles.